The second-order valence-electron chi connectivity index (χ2n) is 17.6. The Hall–Kier alpha value is -2.35. The molecule has 5 saturated carbocycles. The van der Waals surface area contributed by atoms with Crippen LogP contribution in [0.4, 0.5) is 0 Å². The highest BCUT2D eigenvalue weighted by atomic mass is 16.3. The predicted octanol–water partition coefficient (Wildman–Crippen LogP) is 6.83. The van der Waals surface area contributed by atoms with Gasteiger partial charge in [-0.15, -0.1) is 0 Å². The van der Waals surface area contributed by atoms with Crippen molar-refractivity contribution in [2.24, 2.45) is 28.6 Å². The van der Waals surface area contributed by atoms with E-state index in [1.807, 2.05) is 36.4 Å². The molecule has 5 atom stereocenters. The zero-order valence-corrected chi connectivity index (χ0v) is 29.8. The van der Waals surface area contributed by atoms with Crippen molar-refractivity contribution >= 4 is 5.78 Å². The smallest absolute Gasteiger partial charge is 0.193 e. The van der Waals surface area contributed by atoms with E-state index in [-0.39, 0.29) is 23.7 Å². The van der Waals surface area contributed by atoms with E-state index in [1.165, 1.54) is 44.1 Å². The fourth-order valence-corrected chi connectivity index (χ4v) is 11.8. The van der Waals surface area contributed by atoms with Crippen LogP contribution in [0.5, 0.6) is 0 Å². The van der Waals surface area contributed by atoms with Crippen LogP contribution in [0.25, 0.3) is 0 Å². The van der Waals surface area contributed by atoms with Gasteiger partial charge in [-0.3, -0.25) is 9.69 Å². The summed E-state index contributed by atoms with van der Waals surface area (Å²) in [5.74, 6) is 2.38. The Morgan fingerprint density at radius 1 is 0.959 bits per heavy atom. The van der Waals surface area contributed by atoms with E-state index in [0.717, 1.165) is 61.1 Å². The molecule has 0 spiro atoms. The number of allylic oxidation sites excluding steroid dienone is 2. The summed E-state index contributed by atoms with van der Waals surface area (Å²) in [5.41, 5.74) is 3.20. The lowest BCUT2D eigenvalue weighted by atomic mass is 9.49. The molecule has 0 radical (unpaired) electrons. The highest BCUT2D eigenvalue weighted by Gasteiger charge is 2.58. The first-order chi connectivity index (χ1) is 23.5. The summed E-state index contributed by atoms with van der Waals surface area (Å²) in [6, 6.07) is 15.7. The first kappa shape index (κ1) is 35.1. The van der Waals surface area contributed by atoms with Gasteiger partial charge in [-0.1, -0.05) is 61.0 Å². The normalized spacial score (nSPS) is 36.4. The van der Waals surface area contributed by atoms with Crippen molar-refractivity contribution in [1.29, 1.82) is 0 Å². The number of aliphatic hydroxyl groups excluding tert-OH is 3. The van der Waals surface area contributed by atoms with Crippen LogP contribution in [0, 0.1) is 28.6 Å². The van der Waals surface area contributed by atoms with Crippen LogP contribution in [0.2, 0.25) is 0 Å². The minimum absolute atomic E-state index is 0.0120. The Labute approximate surface area is 293 Å². The van der Waals surface area contributed by atoms with E-state index in [4.69, 9.17) is 0 Å². The maximum atomic E-state index is 14.3. The number of ketones is 1. The molecule has 0 amide bonds. The van der Waals surface area contributed by atoms with E-state index < -0.39 is 23.2 Å². The third-order valence-electron chi connectivity index (χ3n) is 13.8. The largest absolute Gasteiger partial charge is 0.394 e. The van der Waals surface area contributed by atoms with Gasteiger partial charge in [0.1, 0.15) is 0 Å². The summed E-state index contributed by atoms with van der Waals surface area (Å²) in [6.07, 6.45) is 13.8. The van der Waals surface area contributed by atoms with Crippen molar-refractivity contribution in [3.05, 3.63) is 82.4 Å². The quantitative estimate of drug-likeness (QED) is 0.173. The monoisotopic (exact) mass is 669 g/mol. The van der Waals surface area contributed by atoms with Gasteiger partial charge in [0.25, 0.3) is 0 Å². The lowest BCUT2D eigenvalue weighted by Crippen LogP contribution is -2.57. The average molecular weight is 670 g/mol. The molecule has 4 N–H and O–H groups in total. The first-order valence-electron chi connectivity index (χ1n) is 19.3. The average Bonchev–Trinajstić information content (AvgIpc) is 3.31. The molecule has 0 aromatic heterocycles. The summed E-state index contributed by atoms with van der Waals surface area (Å²) in [6.45, 7) is 5.78. The second kappa shape index (κ2) is 14.0. The minimum Gasteiger partial charge on any atom is -0.394 e. The molecule has 6 heteroatoms. The Morgan fingerprint density at radius 2 is 1.65 bits per heavy atom. The number of benzene rings is 2. The molecule has 5 fully saturated rings. The lowest BCUT2D eigenvalue weighted by molar-refractivity contribution is -0.114. The molecule has 5 unspecified atom stereocenters. The third kappa shape index (κ3) is 7.10. The molecule has 7 aliphatic carbocycles. The number of aliphatic hydroxyl groups is 4. The zero-order valence-electron chi connectivity index (χ0n) is 29.8. The van der Waals surface area contributed by atoms with Gasteiger partial charge in [0.15, 0.2) is 5.78 Å². The van der Waals surface area contributed by atoms with E-state index in [2.05, 4.69) is 37.0 Å². The number of hydrogen-bond acceptors (Lipinski definition) is 6. The molecule has 266 valence electrons. The Balaban J connectivity index is 1.26. The first-order valence-corrected chi connectivity index (χ1v) is 19.3. The van der Waals surface area contributed by atoms with Crippen LogP contribution >= 0.6 is 0 Å². The zero-order chi connectivity index (χ0) is 34.4. The van der Waals surface area contributed by atoms with E-state index >= 15 is 0 Å². The van der Waals surface area contributed by atoms with Gasteiger partial charge >= 0.3 is 0 Å². The van der Waals surface area contributed by atoms with Crippen molar-refractivity contribution in [1.82, 2.24) is 4.90 Å². The second-order valence-corrected chi connectivity index (χ2v) is 17.6. The van der Waals surface area contributed by atoms with Crippen LogP contribution in [-0.2, 0) is 6.42 Å². The summed E-state index contributed by atoms with van der Waals surface area (Å²) in [5, 5.41) is 44.8. The maximum absolute atomic E-state index is 14.3. The van der Waals surface area contributed by atoms with Crippen molar-refractivity contribution in [3.63, 3.8) is 0 Å². The van der Waals surface area contributed by atoms with Gasteiger partial charge in [0.05, 0.1) is 24.4 Å². The summed E-state index contributed by atoms with van der Waals surface area (Å²) in [4.78, 5) is 16.6. The molecule has 0 aliphatic heterocycles. The van der Waals surface area contributed by atoms with E-state index in [1.54, 1.807) is 0 Å². The predicted molar refractivity (Wildman–Crippen MR) is 193 cm³/mol. The maximum Gasteiger partial charge on any atom is 0.193 e. The van der Waals surface area contributed by atoms with Crippen LogP contribution in [0.3, 0.4) is 0 Å². The van der Waals surface area contributed by atoms with Crippen LogP contribution in [-0.4, -0.2) is 75.2 Å². The Morgan fingerprint density at radius 3 is 2.33 bits per heavy atom. The van der Waals surface area contributed by atoms with Gasteiger partial charge in [0, 0.05) is 36.2 Å². The number of carbonyl (C=O) groups excluding carboxylic acids is 1. The van der Waals surface area contributed by atoms with Crippen molar-refractivity contribution in [3.8, 4) is 0 Å². The molecule has 6 nitrogen and oxygen atoms in total. The lowest BCUT2D eigenvalue weighted by Gasteiger charge is -2.58. The van der Waals surface area contributed by atoms with E-state index in [0.29, 0.717) is 43.5 Å². The standard InChI is InChI=1S/C43H59NO5/c1-29-7-6-15-41(2)39(37-13-11-30(20-35(46)12-10-29)21-38(37)40(48)34-8-4-3-5-9-34)14-16-43(41,49)28-44(25-36(47)26-45)27-42-22-31-17-32(23-42)19-33(18-31)24-42/h3-5,7-9,11,13,21,31-33,35-36,39,45-47,49H,6,10,12,14-20,22-28H2,1-2H3. The van der Waals surface area contributed by atoms with Gasteiger partial charge < -0.3 is 20.4 Å². The Kier molecular flexibility index (Phi) is 10.0. The minimum atomic E-state index is -1.05. The number of carbonyl (C=O) groups is 1. The van der Waals surface area contributed by atoms with Crippen molar-refractivity contribution < 1.29 is 25.2 Å². The van der Waals surface area contributed by atoms with E-state index in [9.17, 15) is 25.2 Å². The number of nitrogens with zero attached hydrogens (tertiary/aromatic N) is 1. The fraction of sp³-hybridized carbons (Fsp3) is 0.651. The highest BCUT2D eigenvalue weighted by Crippen LogP contribution is 2.62. The van der Waals surface area contributed by atoms with Gasteiger partial charge in [0.2, 0.25) is 0 Å². The number of hydrogen-bond donors (Lipinski definition) is 4. The molecule has 0 heterocycles. The van der Waals surface area contributed by atoms with Crippen molar-refractivity contribution in [2.45, 2.75) is 121 Å². The molecule has 6 bridgehead atoms. The SMILES string of the molecule is CC1=CCCC2(C)C(CCC2(O)CN(CC(O)CO)CC23CC4CC(CC(C4)C2)C3)c2ccc(cc2C(=O)c2ccccc2)CC(O)CC1. The van der Waals surface area contributed by atoms with Crippen molar-refractivity contribution in [2.75, 3.05) is 26.2 Å². The van der Waals surface area contributed by atoms with Crippen LogP contribution < -0.4 is 0 Å². The topological polar surface area (TPSA) is 101 Å². The van der Waals surface area contributed by atoms with Gasteiger partial charge in [-0.05, 0) is 137 Å². The molecule has 2 aromatic carbocycles. The van der Waals surface area contributed by atoms with Gasteiger partial charge in [-0.25, -0.2) is 0 Å². The van der Waals surface area contributed by atoms with Gasteiger partial charge in [-0.2, -0.15) is 0 Å². The third-order valence-corrected chi connectivity index (χ3v) is 13.8. The summed E-state index contributed by atoms with van der Waals surface area (Å²) in [7, 11) is 0. The van der Waals surface area contributed by atoms with Crippen LogP contribution in [0.15, 0.2) is 60.2 Å². The summed E-state index contributed by atoms with van der Waals surface area (Å²) < 4.78 is 0. The molecule has 2 aromatic rings. The molecular weight excluding hydrogens is 610 g/mol. The molecule has 0 saturated heterocycles. The molecule has 9 rings (SSSR count). The molecule has 49 heavy (non-hydrogen) atoms. The molecule has 7 aliphatic rings. The number of rotatable bonds is 9. The Bertz CT molecular complexity index is 1480. The molecular formula is C43H59NO5. The summed E-state index contributed by atoms with van der Waals surface area (Å²) >= 11 is 0. The number of fused-ring (bicyclic) bond motifs is 8. The van der Waals surface area contributed by atoms with Crippen LogP contribution in [0.1, 0.15) is 124 Å². The highest BCUT2D eigenvalue weighted by molar-refractivity contribution is 6.10. The fourth-order valence-electron chi connectivity index (χ4n) is 11.8.